The van der Waals surface area contributed by atoms with Gasteiger partial charge in [-0.15, -0.1) is 0 Å². The van der Waals surface area contributed by atoms with E-state index in [2.05, 4.69) is 55.6 Å². The smallest absolute Gasteiger partial charge is 0.161 e. The lowest BCUT2D eigenvalue weighted by Gasteiger charge is -2.21. The van der Waals surface area contributed by atoms with Gasteiger partial charge in [0.05, 0.1) is 25.0 Å². The van der Waals surface area contributed by atoms with Crippen molar-refractivity contribution in [2.75, 3.05) is 7.11 Å². The minimum absolute atomic E-state index is 0.0486. The summed E-state index contributed by atoms with van der Waals surface area (Å²) >= 11 is 0. The van der Waals surface area contributed by atoms with Crippen LogP contribution in [0.5, 0.6) is 5.75 Å². The van der Waals surface area contributed by atoms with E-state index in [0.29, 0.717) is 0 Å². The van der Waals surface area contributed by atoms with Crippen LogP contribution in [0.1, 0.15) is 42.8 Å². The Balaban J connectivity index is 2.32. The molecule has 0 saturated carbocycles. The van der Waals surface area contributed by atoms with Crippen LogP contribution in [0.25, 0.3) is 0 Å². The second-order valence-electron chi connectivity index (χ2n) is 5.55. The minimum atomic E-state index is -0.0486. The van der Waals surface area contributed by atoms with Gasteiger partial charge in [-0.2, -0.15) is 5.10 Å². The fraction of sp³-hybridized carbons (Fsp3) is 0.438. The van der Waals surface area contributed by atoms with Crippen molar-refractivity contribution in [3.8, 4) is 5.75 Å². The summed E-state index contributed by atoms with van der Waals surface area (Å²) in [5.41, 5.74) is 6.35. The maximum Gasteiger partial charge on any atom is 0.161 e. The lowest BCUT2D eigenvalue weighted by Crippen LogP contribution is -2.32. The van der Waals surface area contributed by atoms with Gasteiger partial charge in [0.25, 0.3) is 0 Å². The highest BCUT2D eigenvalue weighted by atomic mass is 16.5. The van der Waals surface area contributed by atoms with Gasteiger partial charge in [-0.05, 0) is 32.8 Å². The summed E-state index contributed by atoms with van der Waals surface area (Å²) in [6.07, 6.45) is 2.53. The second kappa shape index (κ2) is 6.74. The van der Waals surface area contributed by atoms with Crippen LogP contribution in [0.4, 0.5) is 0 Å². The summed E-state index contributed by atoms with van der Waals surface area (Å²) in [7, 11) is 1.66. The molecular weight excluding hydrogens is 264 g/mol. The van der Waals surface area contributed by atoms with Gasteiger partial charge in [-0.3, -0.25) is 16.0 Å². The van der Waals surface area contributed by atoms with Crippen molar-refractivity contribution in [1.82, 2.24) is 15.2 Å². The fourth-order valence-electron chi connectivity index (χ4n) is 2.45. The molecule has 0 aliphatic rings. The van der Waals surface area contributed by atoms with Crippen molar-refractivity contribution in [3.63, 3.8) is 0 Å². The SMILES string of the molecule is COc1cnn(C(C)C)c1C(Cc1ccc(C)cc1)NN. The fourth-order valence-corrected chi connectivity index (χ4v) is 2.45. The predicted molar refractivity (Wildman–Crippen MR) is 84.1 cm³/mol. The molecule has 0 aliphatic heterocycles. The number of ether oxygens (including phenoxy) is 1. The number of nitrogens with zero attached hydrogens (tertiary/aromatic N) is 2. The van der Waals surface area contributed by atoms with E-state index in [1.807, 2.05) is 4.68 Å². The van der Waals surface area contributed by atoms with Crippen LogP contribution in [0.15, 0.2) is 30.5 Å². The first-order valence-corrected chi connectivity index (χ1v) is 7.19. The zero-order chi connectivity index (χ0) is 15.4. The first-order chi connectivity index (χ1) is 10.1. The van der Waals surface area contributed by atoms with Crippen molar-refractivity contribution in [2.24, 2.45) is 5.84 Å². The van der Waals surface area contributed by atoms with E-state index in [9.17, 15) is 0 Å². The van der Waals surface area contributed by atoms with E-state index in [1.54, 1.807) is 13.3 Å². The number of hydrogen-bond donors (Lipinski definition) is 2. The zero-order valence-corrected chi connectivity index (χ0v) is 13.1. The van der Waals surface area contributed by atoms with Crippen molar-refractivity contribution in [2.45, 2.75) is 39.3 Å². The molecule has 2 aromatic rings. The molecule has 0 radical (unpaired) electrons. The van der Waals surface area contributed by atoms with Gasteiger partial charge < -0.3 is 4.74 Å². The van der Waals surface area contributed by atoms with Crippen molar-refractivity contribution < 1.29 is 4.74 Å². The Morgan fingerprint density at radius 3 is 2.48 bits per heavy atom. The standard InChI is InChI=1S/C16H24N4O/c1-11(2)20-16(15(21-4)10-18-20)14(19-17)9-13-7-5-12(3)6-8-13/h5-8,10-11,14,19H,9,17H2,1-4H3. The van der Waals surface area contributed by atoms with Crippen LogP contribution in [-0.4, -0.2) is 16.9 Å². The Morgan fingerprint density at radius 1 is 1.29 bits per heavy atom. The third kappa shape index (κ3) is 3.43. The molecule has 0 fully saturated rings. The number of aromatic nitrogens is 2. The average Bonchev–Trinajstić information content (AvgIpc) is 2.90. The van der Waals surface area contributed by atoms with Crippen LogP contribution in [-0.2, 0) is 6.42 Å². The molecule has 0 amide bonds. The number of nitrogens with two attached hydrogens (primary N) is 1. The molecule has 114 valence electrons. The second-order valence-corrected chi connectivity index (χ2v) is 5.55. The average molecular weight is 288 g/mol. The van der Waals surface area contributed by atoms with Gasteiger partial charge in [0.2, 0.25) is 0 Å². The third-order valence-electron chi connectivity index (χ3n) is 3.60. The summed E-state index contributed by atoms with van der Waals surface area (Å²) in [6.45, 7) is 6.27. The quantitative estimate of drug-likeness (QED) is 0.633. The summed E-state index contributed by atoms with van der Waals surface area (Å²) < 4.78 is 7.39. The van der Waals surface area contributed by atoms with Crippen LogP contribution in [0.2, 0.25) is 0 Å². The van der Waals surface area contributed by atoms with Gasteiger partial charge in [-0.25, -0.2) is 0 Å². The summed E-state index contributed by atoms with van der Waals surface area (Å²) in [6, 6.07) is 8.68. The predicted octanol–water partition coefficient (Wildman–Crippen LogP) is 2.53. The first kappa shape index (κ1) is 15.5. The Morgan fingerprint density at radius 2 is 1.95 bits per heavy atom. The molecule has 0 saturated heterocycles. The molecule has 3 N–H and O–H groups in total. The van der Waals surface area contributed by atoms with E-state index >= 15 is 0 Å². The van der Waals surface area contributed by atoms with Crippen molar-refractivity contribution in [1.29, 1.82) is 0 Å². The number of aryl methyl sites for hydroxylation is 1. The molecule has 5 heteroatoms. The van der Waals surface area contributed by atoms with Crippen molar-refractivity contribution >= 4 is 0 Å². The number of rotatable bonds is 6. The highest BCUT2D eigenvalue weighted by Crippen LogP contribution is 2.29. The first-order valence-electron chi connectivity index (χ1n) is 7.19. The molecule has 1 unspecified atom stereocenters. The molecular formula is C16H24N4O. The minimum Gasteiger partial charge on any atom is -0.493 e. The monoisotopic (exact) mass is 288 g/mol. The van der Waals surface area contributed by atoms with Crippen molar-refractivity contribution in [3.05, 3.63) is 47.3 Å². The normalized spacial score (nSPS) is 12.7. The zero-order valence-electron chi connectivity index (χ0n) is 13.1. The molecule has 2 rings (SSSR count). The summed E-state index contributed by atoms with van der Waals surface area (Å²) in [5.74, 6) is 6.55. The number of benzene rings is 1. The molecule has 1 aromatic heterocycles. The lowest BCUT2D eigenvalue weighted by molar-refractivity contribution is 0.384. The Kier molecular flexibility index (Phi) is 4.98. The van der Waals surface area contributed by atoms with Gasteiger partial charge in [0, 0.05) is 6.04 Å². The molecule has 1 aromatic carbocycles. The van der Waals surface area contributed by atoms with Gasteiger partial charge >= 0.3 is 0 Å². The molecule has 0 spiro atoms. The third-order valence-corrected chi connectivity index (χ3v) is 3.60. The van der Waals surface area contributed by atoms with Gasteiger partial charge in [0.1, 0.15) is 0 Å². The van der Waals surface area contributed by atoms with E-state index in [0.717, 1.165) is 17.9 Å². The maximum atomic E-state index is 5.79. The maximum absolute atomic E-state index is 5.79. The molecule has 0 bridgehead atoms. The lowest BCUT2D eigenvalue weighted by atomic mass is 10.0. The van der Waals surface area contributed by atoms with Gasteiger partial charge in [-0.1, -0.05) is 29.8 Å². The largest absolute Gasteiger partial charge is 0.493 e. The molecule has 0 aliphatic carbocycles. The summed E-state index contributed by atoms with van der Waals surface area (Å²) in [5, 5.41) is 4.41. The number of hydrogen-bond acceptors (Lipinski definition) is 4. The van der Waals surface area contributed by atoms with E-state index in [-0.39, 0.29) is 12.1 Å². The van der Waals surface area contributed by atoms with Gasteiger partial charge in [0.15, 0.2) is 5.75 Å². The van der Waals surface area contributed by atoms with Crippen LogP contribution in [0.3, 0.4) is 0 Å². The van der Waals surface area contributed by atoms with E-state index in [4.69, 9.17) is 10.6 Å². The van der Waals surface area contributed by atoms with Crippen LogP contribution in [0, 0.1) is 6.92 Å². The number of hydrazine groups is 1. The molecule has 1 atom stereocenters. The topological polar surface area (TPSA) is 65.1 Å². The number of methoxy groups -OCH3 is 1. The highest BCUT2D eigenvalue weighted by Gasteiger charge is 2.22. The van der Waals surface area contributed by atoms with E-state index in [1.165, 1.54) is 11.1 Å². The molecule has 5 nitrogen and oxygen atoms in total. The molecule has 1 heterocycles. The van der Waals surface area contributed by atoms with Crippen LogP contribution >= 0.6 is 0 Å². The van der Waals surface area contributed by atoms with E-state index < -0.39 is 0 Å². The summed E-state index contributed by atoms with van der Waals surface area (Å²) in [4.78, 5) is 0. The van der Waals surface area contributed by atoms with Crippen LogP contribution < -0.4 is 16.0 Å². The molecule has 21 heavy (non-hydrogen) atoms. The Hall–Kier alpha value is -1.85. The number of nitrogens with one attached hydrogen (secondary N) is 1. The highest BCUT2D eigenvalue weighted by molar-refractivity contribution is 5.31. The Labute approximate surface area is 126 Å². The Bertz CT molecular complexity index is 574.